The van der Waals surface area contributed by atoms with Crippen molar-refractivity contribution in [3.05, 3.63) is 0 Å². The highest BCUT2D eigenvalue weighted by atomic mass is 16.4. The number of hydrogen-bond acceptors (Lipinski definition) is 8. The number of hydrogen-bond donors (Lipinski definition) is 7. The van der Waals surface area contributed by atoms with Gasteiger partial charge in [0.05, 0.1) is 12.1 Å². The lowest BCUT2D eigenvalue weighted by atomic mass is 10.1. The highest BCUT2D eigenvalue weighted by molar-refractivity contribution is 5.95. The molecule has 33 heavy (non-hydrogen) atoms. The van der Waals surface area contributed by atoms with E-state index in [1.165, 1.54) is 6.92 Å². The molecule has 1 saturated heterocycles. The van der Waals surface area contributed by atoms with Gasteiger partial charge in [0.15, 0.2) is 6.04 Å². The van der Waals surface area contributed by atoms with Gasteiger partial charge in [0, 0.05) is 19.4 Å². The number of likely N-dealkylation sites (tertiary alicyclic amines) is 1. The van der Waals surface area contributed by atoms with Gasteiger partial charge in [-0.05, 0) is 32.6 Å². The Balaban J connectivity index is 2.96. The molecule has 0 aromatic heterocycles. The Morgan fingerprint density at radius 1 is 1.06 bits per heavy atom. The Bertz CT molecular complexity index is 773. The lowest BCUT2D eigenvalue weighted by molar-refractivity contribution is -0.147. The summed E-state index contributed by atoms with van der Waals surface area (Å²) in [6.07, 6.45) is -1.72. The van der Waals surface area contributed by atoms with E-state index in [-0.39, 0.29) is 38.6 Å². The average molecular weight is 473 g/mol. The zero-order valence-corrected chi connectivity index (χ0v) is 18.2. The normalized spacial score (nSPS) is 19.1. The van der Waals surface area contributed by atoms with Gasteiger partial charge >= 0.3 is 11.9 Å². The van der Waals surface area contributed by atoms with Gasteiger partial charge in [-0.25, -0.2) is 4.79 Å². The molecular weight excluding hydrogens is 442 g/mol. The second-order valence-corrected chi connectivity index (χ2v) is 7.86. The zero-order valence-electron chi connectivity index (χ0n) is 18.2. The maximum atomic E-state index is 13.1. The monoisotopic (exact) mass is 473 g/mol. The Kier molecular flexibility index (Phi) is 10.7. The van der Waals surface area contributed by atoms with Gasteiger partial charge in [-0.1, -0.05) is 0 Å². The van der Waals surface area contributed by atoms with E-state index in [2.05, 4.69) is 10.6 Å². The van der Waals surface area contributed by atoms with Gasteiger partial charge in [0.25, 0.3) is 0 Å². The minimum absolute atomic E-state index is 0.136. The third kappa shape index (κ3) is 8.65. The number of nitrogens with zero attached hydrogens (tertiary/aromatic N) is 1. The van der Waals surface area contributed by atoms with Gasteiger partial charge in [-0.2, -0.15) is 0 Å². The van der Waals surface area contributed by atoms with Crippen LogP contribution < -0.4 is 22.1 Å². The van der Waals surface area contributed by atoms with Crippen molar-refractivity contribution >= 4 is 35.6 Å². The molecule has 0 aromatic carbocycles. The second kappa shape index (κ2) is 12.7. The van der Waals surface area contributed by atoms with Crippen LogP contribution in [0.25, 0.3) is 0 Å². The summed E-state index contributed by atoms with van der Waals surface area (Å²) < 4.78 is 0. The number of aliphatic hydroxyl groups excluding tert-OH is 1. The van der Waals surface area contributed by atoms with Gasteiger partial charge < -0.3 is 42.3 Å². The number of amides is 4. The van der Waals surface area contributed by atoms with E-state index < -0.39 is 65.8 Å². The van der Waals surface area contributed by atoms with Crippen molar-refractivity contribution in [1.82, 2.24) is 15.5 Å². The summed E-state index contributed by atoms with van der Waals surface area (Å²) in [5, 5.41) is 32.0. The highest BCUT2D eigenvalue weighted by Crippen LogP contribution is 2.20. The fourth-order valence-corrected chi connectivity index (χ4v) is 3.37. The molecule has 5 atom stereocenters. The number of rotatable bonds is 13. The van der Waals surface area contributed by atoms with E-state index in [0.717, 1.165) is 4.90 Å². The molecular formula is C19H31N5O9. The van der Waals surface area contributed by atoms with E-state index in [1.807, 2.05) is 0 Å². The van der Waals surface area contributed by atoms with Crippen LogP contribution in [0.4, 0.5) is 0 Å². The van der Waals surface area contributed by atoms with Gasteiger partial charge in [0.1, 0.15) is 12.1 Å². The van der Waals surface area contributed by atoms with Crippen molar-refractivity contribution in [2.24, 2.45) is 11.5 Å². The molecule has 5 unspecified atom stereocenters. The van der Waals surface area contributed by atoms with Crippen LogP contribution in [0, 0.1) is 0 Å². The van der Waals surface area contributed by atoms with Crippen LogP contribution >= 0.6 is 0 Å². The minimum Gasteiger partial charge on any atom is -0.481 e. The minimum atomic E-state index is -1.58. The molecule has 1 fully saturated rings. The summed E-state index contributed by atoms with van der Waals surface area (Å²) in [5.41, 5.74) is 10.8. The quantitative estimate of drug-likeness (QED) is 0.142. The molecule has 0 aliphatic carbocycles. The second-order valence-electron chi connectivity index (χ2n) is 7.86. The Morgan fingerprint density at radius 2 is 1.70 bits per heavy atom. The van der Waals surface area contributed by atoms with Crippen molar-refractivity contribution in [3.63, 3.8) is 0 Å². The van der Waals surface area contributed by atoms with Crippen LogP contribution in [0.3, 0.4) is 0 Å². The van der Waals surface area contributed by atoms with Crippen molar-refractivity contribution < 1.29 is 44.1 Å². The number of primary amides is 1. The van der Waals surface area contributed by atoms with Gasteiger partial charge in [-0.3, -0.25) is 24.0 Å². The van der Waals surface area contributed by atoms with Crippen molar-refractivity contribution in [2.75, 3.05) is 6.54 Å². The lowest BCUT2D eigenvalue weighted by Crippen LogP contribution is -2.58. The standard InChI is InChI=1S/C19H31N5O9/c1-9(25)15(19(32)33)23-17(30)12-3-2-8-24(12)18(31)11(5-6-13(21)26)22-16(29)10(20)4-7-14(27)28/h9-12,15,25H,2-8,20H2,1H3,(H2,21,26)(H,22,29)(H,23,30)(H,27,28)(H,32,33). The van der Waals surface area contributed by atoms with Crippen LogP contribution in [0.15, 0.2) is 0 Å². The molecule has 0 spiro atoms. The van der Waals surface area contributed by atoms with Crippen LogP contribution in [0.1, 0.15) is 45.4 Å². The van der Waals surface area contributed by atoms with Gasteiger partial charge in [-0.15, -0.1) is 0 Å². The summed E-state index contributed by atoms with van der Waals surface area (Å²) in [5.74, 6) is -5.61. The third-order valence-corrected chi connectivity index (χ3v) is 5.18. The number of carbonyl (C=O) groups excluding carboxylic acids is 4. The Labute approximate surface area is 189 Å². The number of aliphatic hydroxyl groups is 1. The fourth-order valence-electron chi connectivity index (χ4n) is 3.37. The predicted molar refractivity (Wildman–Crippen MR) is 111 cm³/mol. The molecule has 186 valence electrons. The van der Waals surface area contributed by atoms with Crippen molar-refractivity contribution in [3.8, 4) is 0 Å². The maximum Gasteiger partial charge on any atom is 0.328 e. The zero-order chi connectivity index (χ0) is 25.3. The first-order valence-corrected chi connectivity index (χ1v) is 10.4. The summed E-state index contributed by atoms with van der Waals surface area (Å²) in [4.78, 5) is 72.4. The van der Waals surface area contributed by atoms with E-state index >= 15 is 0 Å². The molecule has 14 nitrogen and oxygen atoms in total. The molecule has 4 amide bonds. The number of carboxylic acids is 2. The number of nitrogens with one attached hydrogen (secondary N) is 2. The molecule has 0 bridgehead atoms. The Morgan fingerprint density at radius 3 is 2.21 bits per heavy atom. The smallest absolute Gasteiger partial charge is 0.328 e. The molecule has 14 heteroatoms. The summed E-state index contributed by atoms with van der Waals surface area (Å²) in [6, 6.07) is -5.11. The van der Waals surface area contributed by atoms with Crippen LogP contribution in [-0.2, 0) is 28.8 Å². The first kappa shape index (κ1) is 27.8. The predicted octanol–water partition coefficient (Wildman–Crippen LogP) is -3.13. The van der Waals surface area contributed by atoms with E-state index in [0.29, 0.717) is 6.42 Å². The third-order valence-electron chi connectivity index (χ3n) is 5.18. The van der Waals surface area contributed by atoms with E-state index in [4.69, 9.17) is 21.7 Å². The number of carboxylic acid groups (broad SMARTS) is 2. The first-order chi connectivity index (χ1) is 15.3. The lowest BCUT2D eigenvalue weighted by Gasteiger charge is -2.30. The highest BCUT2D eigenvalue weighted by Gasteiger charge is 2.39. The van der Waals surface area contributed by atoms with Crippen molar-refractivity contribution in [2.45, 2.75) is 75.7 Å². The molecule has 0 saturated carbocycles. The number of aliphatic carboxylic acids is 2. The van der Waals surface area contributed by atoms with Crippen LogP contribution in [0.2, 0.25) is 0 Å². The molecule has 1 aliphatic heterocycles. The largest absolute Gasteiger partial charge is 0.481 e. The molecule has 1 aliphatic rings. The van der Waals surface area contributed by atoms with Crippen LogP contribution in [0.5, 0.6) is 0 Å². The number of nitrogens with two attached hydrogens (primary N) is 2. The SMILES string of the molecule is CC(O)C(NC(=O)C1CCCN1C(=O)C(CCC(N)=O)NC(=O)C(N)CCC(=O)O)C(=O)O. The molecule has 0 aromatic rings. The Hall–Kier alpha value is -3.26. The molecule has 0 radical (unpaired) electrons. The number of carbonyl (C=O) groups is 6. The molecule has 1 heterocycles. The maximum absolute atomic E-state index is 13.1. The summed E-state index contributed by atoms with van der Waals surface area (Å²) in [6.45, 7) is 1.33. The summed E-state index contributed by atoms with van der Waals surface area (Å²) in [7, 11) is 0. The topological polar surface area (TPSA) is 242 Å². The molecule has 9 N–H and O–H groups in total. The molecule has 1 rings (SSSR count). The van der Waals surface area contributed by atoms with E-state index in [1.54, 1.807) is 0 Å². The first-order valence-electron chi connectivity index (χ1n) is 10.4. The van der Waals surface area contributed by atoms with Crippen LogP contribution in [-0.4, -0.2) is 92.6 Å². The van der Waals surface area contributed by atoms with Gasteiger partial charge in [0.2, 0.25) is 23.6 Å². The average Bonchev–Trinajstić information content (AvgIpc) is 3.21. The van der Waals surface area contributed by atoms with E-state index in [9.17, 15) is 33.9 Å². The summed E-state index contributed by atoms with van der Waals surface area (Å²) >= 11 is 0. The van der Waals surface area contributed by atoms with Crippen molar-refractivity contribution in [1.29, 1.82) is 0 Å². The fraction of sp³-hybridized carbons (Fsp3) is 0.684.